The first-order chi connectivity index (χ1) is 15.1. The molecule has 0 aliphatic carbocycles. The number of ether oxygens (including phenoxy) is 1. The number of rotatable bonds is 7. The first-order valence-corrected chi connectivity index (χ1v) is 10.9. The van der Waals surface area contributed by atoms with Crippen molar-refractivity contribution in [3.63, 3.8) is 0 Å². The van der Waals surface area contributed by atoms with E-state index in [4.69, 9.17) is 0 Å². The molecule has 2 aromatic rings. The summed E-state index contributed by atoms with van der Waals surface area (Å²) in [5, 5.41) is 0. The molecule has 1 aliphatic rings. The molecule has 2 aromatic carbocycles. The summed E-state index contributed by atoms with van der Waals surface area (Å²) in [7, 11) is 0. The lowest BCUT2D eigenvalue weighted by Gasteiger charge is -2.34. The summed E-state index contributed by atoms with van der Waals surface area (Å²) < 4.78 is 54.7. The minimum atomic E-state index is -4.72. The van der Waals surface area contributed by atoms with Gasteiger partial charge in [0.05, 0.1) is 5.75 Å². The van der Waals surface area contributed by atoms with E-state index >= 15 is 0 Å². The van der Waals surface area contributed by atoms with Gasteiger partial charge < -0.3 is 9.64 Å². The van der Waals surface area contributed by atoms with Crippen LogP contribution in [0.4, 0.5) is 17.6 Å². The average molecular weight is 470 g/mol. The van der Waals surface area contributed by atoms with Crippen molar-refractivity contribution in [3.8, 4) is 5.75 Å². The molecule has 1 saturated heterocycles. The molecule has 0 spiro atoms. The second kappa shape index (κ2) is 10.4. The normalized spacial score (nSPS) is 15.0. The van der Waals surface area contributed by atoms with Gasteiger partial charge in [0.25, 0.3) is 0 Å². The first kappa shape index (κ1) is 24.1. The van der Waals surface area contributed by atoms with E-state index in [9.17, 15) is 27.2 Å². The fourth-order valence-corrected chi connectivity index (χ4v) is 4.10. The second-order valence-electron chi connectivity index (χ2n) is 7.34. The molecule has 10 heteroatoms. The van der Waals surface area contributed by atoms with Crippen molar-refractivity contribution in [2.45, 2.75) is 24.7 Å². The van der Waals surface area contributed by atoms with E-state index in [0.29, 0.717) is 37.6 Å². The lowest BCUT2D eigenvalue weighted by molar-refractivity contribution is -0.274. The summed E-state index contributed by atoms with van der Waals surface area (Å²) in [5.74, 6) is -1.01. The van der Waals surface area contributed by atoms with Crippen LogP contribution >= 0.6 is 11.8 Å². The molecule has 1 amide bonds. The Morgan fingerprint density at radius 3 is 2.25 bits per heavy atom. The minimum absolute atomic E-state index is 0.0943. The van der Waals surface area contributed by atoms with Crippen molar-refractivity contribution in [1.29, 1.82) is 0 Å². The number of ketones is 1. The Balaban J connectivity index is 1.44. The van der Waals surface area contributed by atoms with Gasteiger partial charge in [0.15, 0.2) is 5.78 Å². The number of hydrogen-bond acceptors (Lipinski definition) is 5. The van der Waals surface area contributed by atoms with Crippen molar-refractivity contribution in [2.75, 3.05) is 31.9 Å². The summed E-state index contributed by atoms with van der Waals surface area (Å²) in [4.78, 5) is 27.9. The summed E-state index contributed by atoms with van der Waals surface area (Å²) in [6, 6.07) is 9.95. The van der Waals surface area contributed by atoms with Crippen molar-refractivity contribution in [3.05, 3.63) is 59.4 Å². The van der Waals surface area contributed by atoms with Gasteiger partial charge in [-0.05, 0) is 36.8 Å². The summed E-state index contributed by atoms with van der Waals surface area (Å²) >= 11 is 1.09. The van der Waals surface area contributed by atoms with E-state index < -0.39 is 12.2 Å². The number of nitrogens with zero attached hydrogens (tertiary/aromatic N) is 2. The third-order valence-electron chi connectivity index (χ3n) is 4.98. The Morgan fingerprint density at radius 1 is 1.03 bits per heavy atom. The number of amides is 1. The number of benzene rings is 2. The van der Waals surface area contributed by atoms with Gasteiger partial charge in [-0.25, -0.2) is 4.39 Å². The fraction of sp³-hybridized carbons (Fsp3) is 0.364. The van der Waals surface area contributed by atoms with Crippen LogP contribution in [-0.4, -0.2) is 59.8 Å². The van der Waals surface area contributed by atoms with Gasteiger partial charge in [-0.3, -0.25) is 14.5 Å². The van der Waals surface area contributed by atoms with E-state index in [-0.39, 0.29) is 28.8 Å². The van der Waals surface area contributed by atoms with Gasteiger partial charge in [-0.2, -0.15) is 0 Å². The molecule has 0 atom stereocenters. The number of thioether (sulfide) groups is 1. The molecule has 0 radical (unpaired) electrons. The second-order valence-corrected chi connectivity index (χ2v) is 8.36. The Labute approximate surface area is 187 Å². The fourth-order valence-electron chi connectivity index (χ4n) is 3.28. The molecule has 172 valence electrons. The van der Waals surface area contributed by atoms with Crippen LogP contribution in [0.2, 0.25) is 0 Å². The van der Waals surface area contributed by atoms with Gasteiger partial charge >= 0.3 is 6.36 Å². The molecule has 5 nitrogen and oxygen atoms in total. The zero-order chi connectivity index (χ0) is 23.3. The quantitative estimate of drug-likeness (QED) is 0.342. The smallest absolute Gasteiger partial charge is 0.406 e. The van der Waals surface area contributed by atoms with Crippen LogP contribution in [0.15, 0.2) is 47.4 Å². The lowest BCUT2D eigenvalue weighted by Crippen LogP contribution is -2.48. The minimum Gasteiger partial charge on any atom is -0.406 e. The summed E-state index contributed by atoms with van der Waals surface area (Å²) in [5.41, 5.74) is 1.14. The highest BCUT2D eigenvalue weighted by Gasteiger charge is 2.31. The third-order valence-corrected chi connectivity index (χ3v) is 6.01. The number of carbonyl (C=O) groups is 2. The molecule has 3 rings (SSSR count). The maximum Gasteiger partial charge on any atom is 0.573 e. The maximum atomic E-state index is 14.1. The van der Waals surface area contributed by atoms with E-state index in [0.717, 1.165) is 17.3 Å². The highest BCUT2D eigenvalue weighted by molar-refractivity contribution is 8.00. The van der Waals surface area contributed by atoms with Crippen molar-refractivity contribution in [1.82, 2.24) is 9.80 Å². The molecule has 1 aliphatic heterocycles. The molecule has 0 unspecified atom stereocenters. The molecule has 0 aromatic heterocycles. The van der Waals surface area contributed by atoms with Gasteiger partial charge in [-0.1, -0.05) is 18.2 Å². The number of Topliss-reactive ketones (excluding diaryl/α,β-unsaturated/α-hetero) is 1. The Kier molecular flexibility index (Phi) is 7.78. The zero-order valence-electron chi connectivity index (χ0n) is 17.3. The molecule has 0 saturated carbocycles. The van der Waals surface area contributed by atoms with Gasteiger partial charge in [0.1, 0.15) is 11.6 Å². The number of halogens is 4. The van der Waals surface area contributed by atoms with E-state index in [1.54, 1.807) is 23.1 Å². The van der Waals surface area contributed by atoms with Crippen LogP contribution in [-0.2, 0) is 11.3 Å². The van der Waals surface area contributed by atoms with Crippen LogP contribution < -0.4 is 4.74 Å². The Morgan fingerprint density at radius 2 is 1.69 bits per heavy atom. The molecule has 0 bridgehead atoms. The molecule has 0 N–H and O–H groups in total. The van der Waals surface area contributed by atoms with E-state index in [1.807, 2.05) is 0 Å². The average Bonchev–Trinajstić information content (AvgIpc) is 2.73. The van der Waals surface area contributed by atoms with Crippen LogP contribution in [0, 0.1) is 5.82 Å². The molecule has 1 fully saturated rings. The van der Waals surface area contributed by atoms with Gasteiger partial charge in [-0.15, -0.1) is 24.9 Å². The third kappa shape index (κ3) is 6.96. The van der Waals surface area contributed by atoms with E-state index in [2.05, 4.69) is 9.64 Å². The first-order valence-electron chi connectivity index (χ1n) is 9.89. The molecular formula is C22H22F4N2O3S. The zero-order valence-corrected chi connectivity index (χ0v) is 18.1. The molecule has 1 heterocycles. The van der Waals surface area contributed by atoms with Gasteiger partial charge in [0, 0.05) is 43.2 Å². The van der Waals surface area contributed by atoms with Crippen molar-refractivity contribution < 1.29 is 31.9 Å². The molecular weight excluding hydrogens is 448 g/mol. The number of alkyl halides is 3. The Hall–Kier alpha value is -2.59. The molecule has 32 heavy (non-hydrogen) atoms. The standard InChI is InChI=1S/C22H22F4N2O3S/c1-15(29)17-4-7-20(19(23)12-17)32-14-21(30)28-10-8-27(9-11-28)13-16-2-5-18(6-3-16)31-22(24,25)26/h2-7,12H,8-11,13-14H2,1H3. The van der Waals surface area contributed by atoms with Gasteiger partial charge in [0.2, 0.25) is 5.91 Å². The number of hydrogen-bond donors (Lipinski definition) is 0. The van der Waals surface area contributed by atoms with Crippen LogP contribution in [0.25, 0.3) is 0 Å². The number of piperazine rings is 1. The van der Waals surface area contributed by atoms with E-state index in [1.165, 1.54) is 31.2 Å². The van der Waals surface area contributed by atoms with Crippen LogP contribution in [0.1, 0.15) is 22.8 Å². The number of carbonyl (C=O) groups excluding carboxylic acids is 2. The summed E-state index contributed by atoms with van der Waals surface area (Å²) in [6.45, 7) is 4.19. The van der Waals surface area contributed by atoms with Crippen molar-refractivity contribution >= 4 is 23.5 Å². The van der Waals surface area contributed by atoms with Crippen LogP contribution in [0.5, 0.6) is 5.75 Å². The maximum absolute atomic E-state index is 14.1. The van der Waals surface area contributed by atoms with Crippen LogP contribution in [0.3, 0.4) is 0 Å². The monoisotopic (exact) mass is 470 g/mol. The Bertz CT molecular complexity index is 959. The highest BCUT2D eigenvalue weighted by atomic mass is 32.2. The summed E-state index contributed by atoms with van der Waals surface area (Å²) in [6.07, 6.45) is -4.72. The largest absolute Gasteiger partial charge is 0.573 e. The van der Waals surface area contributed by atoms with Crippen molar-refractivity contribution in [2.24, 2.45) is 0 Å². The highest BCUT2D eigenvalue weighted by Crippen LogP contribution is 2.25. The lowest BCUT2D eigenvalue weighted by atomic mass is 10.1. The predicted molar refractivity (Wildman–Crippen MR) is 112 cm³/mol. The SMILES string of the molecule is CC(=O)c1ccc(SCC(=O)N2CCN(Cc3ccc(OC(F)(F)F)cc3)CC2)c(F)c1. The topological polar surface area (TPSA) is 49.9 Å². The predicted octanol–water partition coefficient (Wildman–Crippen LogP) is 4.36.